The van der Waals surface area contributed by atoms with E-state index in [1.54, 1.807) is 10.6 Å². The fourth-order valence-electron chi connectivity index (χ4n) is 2.71. The molecule has 0 saturated heterocycles. The van der Waals surface area contributed by atoms with E-state index in [2.05, 4.69) is 4.99 Å². The van der Waals surface area contributed by atoms with Gasteiger partial charge in [-0.15, -0.1) is 0 Å². The largest absolute Gasteiger partial charge is 0.462 e. The molecular formula is C18H16ClN3O2S. The predicted octanol–water partition coefficient (Wildman–Crippen LogP) is 2.66. The van der Waals surface area contributed by atoms with Crippen molar-refractivity contribution in [3.8, 4) is 0 Å². The van der Waals surface area contributed by atoms with Gasteiger partial charge in [-0.1, -0.05) is 29.0 Å². The third-order valence-corrected chi connectivity index (χ3v) is 5.58. The molecule has 3 aromatic rings. The molecule has 0 saturated carbocycles. The molecule has 2 aromatic heterocycles. The van der Waals surface area contributed by atoms with Gasteiger partial charge in [-0.2, -0.15) is 0 Å². The van der Waals surface area contributed by atoms with E-state index in [0.717, 1.165) is 21.8 Å². The Morgan fingerprint density at radius 2 is 2.12 bits per heavy atom. The monoisotopic (exact) mass is 373 g/mol. The topological polar surface area (TPSA) is 50.7 Å². The molecule has 0 unspecified atom stereocenters. The standard InChI is InChI=1S/C18H16ClN3O2S/c1-11-3-5-13(7-15(11)19)21-9-20-18-22(10-21)17(23)16(25-18)8-14-6-4-12(2)24-14/h3-8H,9-10H2,1-2H3. The van der Waals surface area contributed by atoms with Gasteiger partial charge in [-0.05, 0) is 43.7 Å². The first-order valence-corrected chi connectivity index (χ1v) is 9.04. The Balaban J connectivity index is 1.71. The van der Waals surface area contributed by atoms with E-state index in [9.17, 15) is 4.79 Å². The van der Waals surface area contributed by atoms with Crippen LogP contribution < -0.4 is 19.8 Å². The van der Waals surface area contributed by atoms with Crippen LogP contribution in [-0.4, -0.2) is 11.2 Å². The maximum Gasteiger partial charge on any atom is 0.271 e. The van der Waals surface area contributed by atoms with Crippen molar-refractivity contribution in [2.75, 3.05) is 11.6 Å². The minimum absolute atomic E-state index is 0.0549. The van der Waals surface area contributed by atoms with Gasteiger partial charge < -0.3 is 9.32 Å². The number of rotatable bonds is 2. The van der Waals surface area contributed by atoms with Gasteiger partial charge in [0.05, 0.1) is 4.53 Å². The summed E-state index contributed by atoms with van der Waals surface area (Å²) in [4.78, 5) is 20.0. The van der Waals surface area contributed by atoms with Crippen molar-refractivity contribution in [3.63, 3.8) is 0 Å². The van der Waals surface area contributed by atoms with Gasteiger partial charge in [-0.25, -0.2) is 4.99 Å². The van der Waals surface area contributed by atoms with E-state index in [1.165, 1.54) is 11.3 Å². The Kier molecular flexibility index (Phi) is 4.01. The number of fused-ring (bicyclic) bond motifs is 1. The zero-order valence-electron chi connectivity index (χ0n) is 13.8. The Morgan fingerprint density at radius 3 is 2.84 bits per heavy atom. The Bertz CT molecular complexity index is 1130. The smallest absolute Gasteiger partial charge is 0.271 e. The van der Waals surface area contributed by atoms with Crippen LogP contribution in [-0.2, 0) is 6.67 Å². The fraction of sp³-hybridized carbons (Fsp3) is 0.222. The number of thiazole rings is 1. The molecule has 4 rings (SSSR count). The van der Waals surface area contributed by atoms with E-state index >= 15 is 0 Å². The van der Waals surface area contributed by atoms with Crippen molar-refractivity contribution in [2.24, 2.45) is 4.99 Å². The number of hydrogen-bond donors (Lipinski definition) is 0. The maximum atomic E-state index is 12.7. The fourth-order valence-corrected chi connectivity index (χ4v) is 3.83. The first-order valence-electron chi connectivity index (χ1n) is 7.85. The molecule has 0 fully saturated rings. The third-order valence-electron chi connectivity index (χ3n) is 4.13. The summed E-state index contributed by atoms with van der Waals surface area (Å²) in [6.07, 6.45) is 1.77. The molecule has 7 heteroatoms. The highest BCUT2D eigenvalue weighted by atomic mass is 35.5. The molecule has 0 bridgehead atoms. The number of anilines is 1. The summed E-state index contributed by atoms with van der Waals surface area (Å²) in [7, 11) is 0. The second kappa shape index (κ2) is 6.20. The van der Waals surface area contributed by atoms with Crippen LogP contribution in [0.25, 0.3) is 6.08 Å². The van der Waals surface area contributed by atoms with Gasteiger partial charge in [0.25, 0.3) is 5.56 Å². The lowest BCUT2D eigenvalue weighted by atomic mass is 10.2. The van der Waals surface area contributed by atoms with Crippen LogP contribution >= 0.6 is 22.9 Å². The van der Waals surface area contributed by atoms with Crippen LogP contribution in [0.4, 0.5) is 5.69 Å². The van der Waals surface area contributed by atoms with E-state index in [1.807, 2.05) is 49.1 Å². The number of halogens is 1. The molecule has 0 atom stereocenters. The summed E-state index contributed by atoms with van der Waals surface area (Å²) in [5.41, 5.74) is 1.93. The van der Waals surface area contributed by atoms with Gasteiger partial charge >= 0.3 is 0 Å². The van der Waals surface area contributed by atoms with Gasteiger partial charge in [0.2, 0.25) is 0 Å². The number of aryl methyl sites for hydroxylation is 2. The van der Waals surface area contributed by atoms with Gasteiger partial charge in [-0.3, -0.25) is 9.36 Å². The van der Waals surface area contributed by atoms with Crippen LogP contribution in [0.3, 0.4) is 0 Å². The normalized spacial score (nSPS) is 14.5. The number of hydrogen-bond acceptors (Lipinski definition) is 5. The molecule has 0 amide bonds. The molecule has 0 radical (unpaired) electrons. The van der Waals surface area contributed by atoms with Crippen LogP contribution in [0.5, 0.6) is 0 Å². The number of nitrogens with zero attached hydrogens (tertiary/aromatic N) is 3. The van der Waals surface area contributed by atoms with Crippen molar-refractivity contribution in [3.05, 3.63) is 72.1 Å². The quantitative estimate of drug-likeness (QED) is 0.694. The average Bonchev–Trinajstić information content (AvgIpc) is 3.14. The van der Waals surface area contributed by atoms with Gasteiger partial charge in [0, 0.05) is 16.8 Å². The van der Waals surface area contributed by atoms with Gasteiger partial charge in [0.1, 0.15) is 24.9 Å². The molecule has 1 aliphatic heterocycles. The second-order valence-electron chi connectivity index (χ2n) is 5.99. The predicted molar refractivity (Wildman–Crippen MR) is 99.9 cm³/mol. The highest BCUT2D eigenvalue weighted by Crippen LogP contribution is 2.23. The van der Waals surface area contributed by atoms with Crippen molar-refractivity contribution in [2.45, 2.75) is 20.5 Å². The molecule has 1 aliphatic rings. The van der Waals surface area contributed by atoms with Crippen LogP contribution in [0, 0.1) is 13.8 Å². The van der Waals surface area contributed by atoms with Crippen molar-refractivity contribution in [1.29, 1.82) is 0 Å². The maximum absolute atomic E-state index is 12.7. The summed E-state index contributed by atoms with van der Waals surface area (Å²) >= 11 is 7.61. The lowest BCUT2D eigenvalue weighted by Crippen LogP contribution is -2.42. The lowest BCUT2D eigenvalue weighted by Gasteiger charge is -2.26. The minimum Gasteiger partial charge on any atom is -0.462 e. The summed E-state index contributed by atoms with van der Waals surface area (Å²) in [6.45, 7) is 4.80. The average molecular weight is 374 g/mol. The third kappa shape index (κ3) is 3.03. The van der Waals surface area contributed by atoms with Crippen molar-refractivity contribution in [1.82, 2.24) is 4.57 Å². The SMILES string of the molecule is Cc1ccc(C=c2sc3n(c2=O)CN(c2ccc(C)c(Cl)c2)CN=3)o1. The molecule has 128 valence electrons. The highest BCUT2D eigenvalue weighted by molar-refractivity contribution is 7.07. The molecule has 1 aromatic carbocycles. The number of furan rings is 1. The molecule has 0 N–H and O–H groups in total. The van der Waals surface area contributed by atoms with E-state index in [-0.39, 0.29) is 5.56 Å². The first kappa shape index (κ1) is 16.2. The molecule has 0 aliphatic carbocycles. The Morgan fingerprint density at radius 1 is 1.28 bits per heavy atom. The van der Waals surface area contributed by atoms with Crippen molar-refractivity contribution < 1.29 is 4.42 Å². The van der Waals surface area contributed by atoms with Crippen LogP contribution in [0.15, 0.2) is 44.5 Å². The van der Waals surface area contributed by atoms with E-state index in [0.29, 0.717) is 28.7 Å². The van der Waals surface area contributed by atoms with Crippen LogP contribution in [0.1, 0.15) is 17.1 Å². The first-order chi connectivity index (χ1) is 12.0. The number of aromatic nitrogens is 1. The summed E-state index contributed by atoms with van der Waals surface area (Å²) in [6, 6.07) is 9.62. The Labute approximate surface area is 153 Å². The highest BCUT2D eigenvalue weighted by Gasteiger charge is 2.16. The van der Waals surface area contributed by atoms with Gasteiger partial charge in [0.15, 0.2) is 4.80 Å². The summed E-state index contributed by atoms with van der Waals surface area (Å²) in [5.74, 6) is 1.50. The molecular weight excluding hydrogens is 358 g/mol. The summed E-state index contributed by atoms with van der Waals surface area (Å²) < 4.78 is 7.84. The zero-order valence-corrected chi connectivity index (χ0v) is 15.4. The number of benzene rings is 1. The second-order valence-corrected chi connectivity index (χ2v) is 7.41. The lowest BCUT2D eigenvalue weighted by molar-refractivity contribution is 0.524. The molecule has 25 heavy (non-hydrogen) atoms. The molecule has 5 nitrogen and oxygen atoms in total. The van der Waals surface area contributed by atoms with E-state index < -0.39 is 0 Å². The van der Waals surface area contributed by atoms with E-state index in [4.69, 9.17) is 16.0 Å². The molecule has 0 spiro atoms. The summed E-state index contributed by atoms with van der Waals surface area (Å²) in [5, 5.41) is 0.711. The van der Waals surface area contributed by atoms with Crippen molar-refractivity contribution >= 4 is 34.7 Å². The minimum atomic E-state index is -0.0549. The van der Waals surface area contributed by atoms with Crippen LogP contribution in [0.2, 0.25) is 5.02 Å². The molecule has 3 heterocycles. The Hall–Kier alpha value is -2.31. The zero-order chi connectivity index (χ0) is 17.6.